The van der Waals surface area contributed by atoms with Crippen molar-refractivity contribution in [2.45, 2.75) is 244 Å². The van der Waals surface area contributed by atoms with E-state index in [1.165, 1.54) is 161 Å². The molecule has 3 unspecified atom stereocenters. The minimum absolute atomic E-state index is 0.0535. The van der Waals surface area contributed by atoms with Crippen LogP contribution < -0.4 is 5.32 Å². The van der Waals surface area contributed by atoms with Crippen molar-refractivity contribution in [3.8, 4) is 0 Å². The highest BCUT2D eigenvalue weighted by molar-refractivity contribution is 7.47. The molecule has 0 fully saturated rings. The smallest absolute Gasteiger partial charge is 0.387 e. The highest BCUT2D eigenvalue weighted by Crippen LogP contribution is 2.43. The van der Waals surface area contributed by atoms with Gasteiger partial charge in [0.1, 0.15) is 13.2 Å². The molecule has 0 radical (unpaired) electrons. The maximum Gasteiger partial charge on any atom is 0.472 e. The lowest BCUT2D eigenvalue weighted by Crippen LogP contribution is -2.45. The third-order valence-corrected chi connectivity index (χ3v) is 12.5. The first-order valence-electron chi connectivity index (χ1n) is 26.0. The molecule has 3 atom stereocenters. The first kappa shape index (κ1) is 60.5. The number of carbonyl (C=O) groups is 1. The molecule has 1 amide bonds. The summed E-state index contributed by atoms with van der Waals surface area (Å²) in [5.74, 6) is -0.194. The van der Waals surface area contributed by atoms with E-state index in [-0.39, 0.29) is 19.1 Å². The Hall–Kier alpha value is -1.54. The van der Waals surface area contributed by atoms with Gasteiger partial charge in [-0.2, -0.15) is 0 Å². The molecule has 0 bridgehead atoms. The largest absolute Gasteiger partial charge is 0.472 e. The van der Waals surface area contributed by atoms with Crippen LogP contribution in [0.5, 0.6) is 0 Å². The van der Waals surface area contributed by atoms with Crippen molar-refractivity contribution in [2.75, 3.05) is 40.9 Å². The second-order valence-corrected chi connectivity index (χ2v) is 20.3. The number of allylic oxidation sites excluding steroid dienone is 7. The van der Waals surface area contributed by atoms with Gasteiger partial charge in [0.2, 0.25) is 5.91 Å². The fourth-order valence-corrected chi connectivity index (χ4v) is 8.12. The topological polar surface area (TPSA) is 105 Å². The molecule has 0 aromatic carbocycles. The summed E-state index contributed by atoms with van der Waals surface area (Å²) in [7, 11) is 1.55. The Bertz CT molecular complexity index is 1150. The van der Waals surface area contributed by atoms with Gasteiger partial charge in [0.25, 0.3) is 0 Å². The quantitative estimate of drug-likeness (QED) is 0.0243. The van der Waals surface area contributed by atoms with Gasteiger partial charge in [-0.15, -0.1) is 0 Å². The predicted octanol–water partition coefficient (Wildman–Crippen LogP) is 15.2. The molecule has 0 aliphatic heterocycles. The standard InChI is InChI=1S/C53H101N2O6P/c1-6-8-10-12-14-16-18-20-22-24-25-26-27-28-29-31-33-35-37-39-41-43-45-47-53(57)54-51(50-61-62(58,59)60-49-48-55(3,4)5)52(56)46-44-42-40-38-36-34-32-30-23-21-19-17-15-13-11-9-7-2/h25-26,28-29,36,38,44,46,51-52,56H,6-24,27,30-35,37,39-43,45,47-50H2,1-5H3,(H-,54,57,58,59)/p+1/b26-25-,29-28-,38-36+,46-44+. The van der Waals surface area contributed by atoms with Crippen LogP contribution in [0.3, 0.4) is 0 Å². The van der Waals surface area contributed by atoms with Gasteiger partial charge in [0.05, 0.1) is 39.9 Å². The Kier molecular flexibility index (Phi) is 43.5. The average Bonchev–Trinajstić information content (AvgIpc) is 3.23. The third kappa shape index (κ3) is 46.5. The molecule has 0 rings (SSSR count). The highest BCUT2D eigenvalue weighted by Gasteiger charge is 2.27. The van der Waals surface area contributed by atoms with Gasteiger partial charge in [-0.05, 0) is 64.2 Å². The summed E-state index contributed by atoms with van der Waals surface area (Å²) < 4.78 is 23.6. The van der Waals surface area contributed by atoms with Crippen molar-refractivity contribution in [1.29, 1.82) is 0 Å². The summed E-state index contributed by atoms with van der Waals surface area (Å²) in [6.45, 7) is 4.80. The number of amides is 1. The second kappa shape index (κ2) is 44.7. The van der Waals surface area contributed by atoms with Crippen LogP contribution in [-0.2, 0) is 18.4 Å². The average molecular weight is 894 g/mol. The number of quaternary nitrogens is 1. The lowest BCUT2D eigenvalue weighted by Gasteiger charge is -2.25. The normalized spacial score (nSPS) is 14.5. The molecule has 0 aromatic rings. The number of nitrogens with zero attached hydrogens (tertiary/aromatic N) is 1. The zero-order valence-corrected chi connectivity index (χ0v) is 42.3. The molecule has 0 aliphatic rings. The van der Waals surface area contributed by atoms with Crippen LogP contribution in [0.15, 0.2) is 48.6 Å². The number of hydrogen-bond donors (Lipinski definition) is 3. The number of unbranched alkanes of at least 4 members (excludes halogenated alkanes) is 28. The first-order valence-corrected chi connectivity index (χ1v) is 27.5. The SMILES string of the molecule is CCCCCCCCCCC/C=C\C/C=C\CCCCCCCCCC(=O)NC(COP(=O)(O)OCC[N+](C)(C)C)C(O)/C=C/CC/C=C/CCCCCCCCCCCCC. The molecule has 0 saturated carbocycles. The number of likely N-dealkylation sites (N-methyl/N-ethyl adjacent to an activating group) is 1. The molecule has 0 heterocycles. The van der Waals surface area contributed by atoms with Crippen LogP contribution in [0, 0.1) is 0 Å². The minimum atomic E-state index is -4.35. The minimum Gasteiger partial charge on any atom is -0.387 e. The monoisotopic (exact) mass is 894 g/mol. The van der Waals surface area contributed by atoms with Crippen LogP contribution in [-0.4, -0.2) is 73.4 Å². The van der Waals surface area contributed by atoms with Crippen molar-refractivity contribution in [3.05, 3.63) is 48.6 Å². The summed E-state index contributed by atoms with van der Waals surface area (Å²) in [4.78, 5) is 23.2. The number of hydrogen-bond acceptors (Lipinski definition) is 5. The molecule has 0 saturated heterocycles. The second-order valence-electron chi connectivity index (χ2n) is 18.9. The number of carbonyl (C=O) groups excluding carboxylic acids is 1. The first-order chi connectivity index (χ1) is 30.0. The van der Waals surface area contributed by atoms with Gasteiger partial charge >= 0.3 is 7.82 Å². The summed E-state index contributed by atoms with van der Waals surface area (Å²) in [6.07, 6.45) is 57.7. The van der Waals surface area contributed by atoms with Gasteiger partial charge < -0.3 is 19.8 Å². The van der Waals surface area contributed by atoms with E-state index in [0.29, 0.717) is 17.4 Å². The predicted molar refractivity (Wildman–Crippen MR) is 267 cm³/mol. The number of aliphatic hydroxyl groups excluding tert-OH is 1. The van der Waals surface area contributed by atoms with Gasteiger partial charge in [0.15, 0.2) is 0 Å². The van der Waals surface area contributed by atoms with E-state index in [1.807, 2.05) is 27.2 Å². The van der Waals surface area contributed by atoms with Crippen molar-refractivity contribution in [1.82, 2.24) is 5.32 Å². The van der Waals surface area contributed by atoms with Crippen LogP contribution >= 0.6 is 7.82 Å². The van der Waals surface area contributed by atoms with Crippen LogP contribution in [0.2, 0.25) is 0 Å². The van der Waals surface area contributed by atoms with Gasteiger partial charge in [0, 0.05) is 6.42 Å². The molecule has 0 aromatic heterocycles. The number of rotatable bonds is 47. The van der Waals surface area contributed by atoms with E-state index in [4.69, 9.17) is 9.05 Å². The Balaban J connectivity index is 4.35. The summed E-state index contributed by atoms with van der Waals surface area (Å²) in [6, 6.07) is -0.868. The van der Waals surface area contributed by atoms with E-state index in [0.717, 1.165) is 51.4 Å². The number of nitrogens with one attached hydrogen (secondary N) is 1. The fourth-order valence-electron chi connectivity index (χ4n) is 7.38. The van der Waals surface area contributed by atoms with E-state index in [1.54, 1.807) is 6.08 Å². The highest BCUT2D eigenvalue weighted by atomic mass is 31.2. The lowest BCUT2D eigenvalue weighted by molar-refractivity contribution is -0.870. The molecule has 0 aliphatic carbocycles. The zero-order valence-electron chi connectivity index (χ0n) is 41.4. The van der Waals surface area contributed by atoms with E-state index < -0.39 is 20.0 Å². The van der Waals surface area contributed by atoms with Gasteiger partial charge in [-0.25, -0.2) is 4.57 Å². The molecule has 0 spiro atoms. The van der Waals surface area contributed by atoms with Crippen molar-refractivity contribution in [3.63, 3.8) is 0 Å². The van der Waals surface area contributed by atoms with Crippen molar-refractivity contribution < 1.29 is 32.9 Å². The van der Waals surface area contributed by atoms with Crippen LogP contribution in [0.4, 0.5) is 0 Å². The molecule has 8 nitrogen and oxygen atoms in total. The van der Waals surface area contributed by atoms with Crippen molar-refractivity contribution >= 4 is 13.7 Å². The Morgan fingerprint density at radius 2 is 0.935 bits per heavy atom. The summed E-state index contributed by atoms with van der Waals surface area (Å²) in [5.41, 5.74) is 0. The Morgan fingerprint density at radius 3 is 1.39 bits per heavy atom. The number of aliphatic hydroxyl groups is 1. The lowest BCUT2D eigenvalue weighted by atomic mass is 10.1. The number of phosphoric ester groups is 1. The summed E-state index contributed by atoms with van der Waals surface area (Å²) in [5, 5.41) is 13.9. The van der Waals surface area contributed by atoms with Crippen LogP contribution in [0.25, 0.3) is 0 Å². The zero-order chi connectivity index (χ0) is 45.7. The van der Waals surface area contributed by atoms with E-state index >= 15 is 0 Å². The molecule has 9 heteroatoms. The van der Waals surface area contributed by atoms with Gasteiger partial charge in [-0.1, -0.05) is 210 Å². The maximum atomic E-state index is 12.9. The number of phosphoric acid groups is 1. The van der Waals surface area contributed by atoms with Crippen molar-refractivity contribution in [2.24, 2.45) is 0 Å². The molecule has 364 valence electrons. The maximum absolute atomic E-state index is 12.9. The van der Waals surface area contributed by atoms with Crippen LogP contribution in [0.1, 0.15) is 232 Å². The molecular weight excluding hydrogens is 792 g/mol. The van der Waals surface area contributed by atoms with Gasteiger partial charge in [-0.3, -0.25) is 13.8 Å². The fraction of sp³-hybridized carbons (Fsp3) is 0.830. The summed E-state index contributed by atoms with van der Waals surface area (Å²) >= 11 is 0. The molecular formula is C53H102N2O6P+. The van der Waals surface area contributed by atoms with E-state index in [2.05, 4.69) is 55.6 Å². The Labute approximate surface area is 384 Å². The molecule has 62 heavy (non-hydrogen) atoms. The molecule has 3 N–H and O–H groups in total. The van der Waals surface area contributed by atoms with E-state index in [9.17, 15) is 19.4 Å². The Morgan fingerprint density at radius 1 is 0.548 bits per heavy atom. The third-order valence-electron chi connectivity index (χ3n) is 11.5.